The van der Waals surface area contributed by atoms with Crippen LogP contribution in [0.3, 0.4) is 0 Å². The van der Waals surface area contributed by atoms with Crippen molar-refractivity contribution in [3.63, 3.8) is 0 Å². The predicted octanol–water partition coefficient (Wildman–Crippen LogP) is 6.80. The Bertz CT molecular complexity index is 1210. The molecule has 39 heavy (non-hydrogen) atoms. The van der Waals surface area contributed by atoms with Gasteiger partial charge in [0.1, 0.15) is 29.3 Å². The Hall–Kier alpha value is -4.20. The van der Waals surface area contributed by atoms with E-state index in [1.54, 1.807) is 53.7 Å². The standard InChI is InChI=1S/C31H38N2O6/c1-30(2,3)38-28(35)32-26(22-12-16-24(34)17-13-22)27(33-29(36)39-31(4,5)6)23-14-18-25(19-15-23)37-20-21-10-8-7-9-11-21/h7-19,26-27,34H,20H2,1-6H3,(H,32,35)(H,33,36)/t26-,27-/m1/s1. The van der Waals surface area contributed by atoms with Crippen molar-refractivity contribution in [2.45, 2.75) is 71.4 Å². The number of phenolic OH excluding ortho intramolecular Hbond substituents is 1. The van der Waals surface area contributed by atoms with Crippen LogP contribution in [0.15, 0.2) is 78.9 Å². The first-order chi connectivity index (χ1) is 18.3. The summed E-state index contributed by atoms with van der Waals surface area (Å²) in [5.41, 5.74) is 0.928. The van der Waals surface area contributed by atoms with Crippen molar-refractivity contribution in [1.29, 1.82) is 0 Å². The number of aromatic hydroxyl groups is 1. The molecule has 8 nitrogen and oxygen atoms in total. The van der Waals surface area contributed by atoms with E-state index in [1.807, 2.05) is 54.6 Å². The lowest BCUT2D eigenvalue weighted by molar-refractivity contribution is 0.0427. The molecule has 3 N–H and O–H groups in total. The number of hydrogen-bond acceptors (Lipinski definition) is 6. The summed E-state index contributed by atoms with van der Waals surface area (Å²) in [6.45, 7) is 11.0. The molecule has 0 bridgehead atoms. The summed E-state index contributed by atoms with van der Waals surface area (Å²) < 4.78 is 17.0. The molecule has 0 aliphatic carbocycles. The average Bonchev–Trinajstić information content (AvgIpc) is 2.84. The van der Waals surface area contributed by atoms with Crippen molar-refractivity contribution < 1.29 is 28.9 Å². The fourth-order valence-electron chi connectivity index (χ4n) is 3.78. The van der Waals surface area contributed by atoms with Gasteiger partial charge in [-0.15, -0.1) is 0 Å². The Morgan fingerprint density at radius 2 is 1.13 bits per heavy atom. The molecule has 0 aromatic heterocycles. The number of carbonyl (C=O) groups excluding carboxylic acids is 2. The number of alkyl carbamates (subject to hydrolysis) is 2. The second-order valence-electron chi connectivity index (χ2n) is 11.2. The van der Waals surface area contributed by atoms with Crippen molar-refractivity contribution in [3.05, 3.63) is 95.6 Å². The maximum absolute atomic E-state index is 12.9. The summed E-state index contributed by atoms with van der Waals surface area (Å²) in [6, 6.07) is 22.0. The van der Waals surface area contributed by atoms with Crippen molar-refractivity contribution in [2.24, 2.45) is 0 Å². The summed E-state index contributed by atoms with van der Waals surface area (Å²) in [5.74, 6) is 0.728. The Morgan fingerprint density at radius 1 is 0.692 bits per heavy atom. The molecule has 0 spiro atoms. The lowest BCUT2D eigenvalue weighted by Crippen LogP contribution is -2.44. The summed E-state index contributed by atoms with van der Waals surface area (Å²) in [4.78, 5) is 25.8. The Balaban J connectivity index is 1.94. The summed E-state index contributed by atoms with van der Waals surface area (Å²) >= 11 is 0. The number of benzene rings is 3. The molecule has 0 fully saturated rings. The third-order valence-corrected chi connectivity index (χ3v) is 5.42. The second kappa shape index (κ2) is 12.6. The minimum Gasteiger partial charge on any atom is -0.508 e. The van der Waals surface area contributed by atoms with Gasteiger partial charge in [-0.1, -0.05) is 54.6 Å². The number of hydrogen-bond donors (Lipinski definition) is 3. The Labute approximate surface area is 230 Å². The highest BCUT2D eigenvalue weighted by molar-refractivity contribution is 5.71. The van der Waals surface area contributed by atoms with Gasteiger partial charge in [0.05, 0.1) is 12.1 Å². The Kier molecular flexibility index (Phi) is 9.46. The van der Waals surface area contributed by atoms with Crippen LogP contribution in [-0.4, -0.2) is 28.5 Å². The van der Waals surface area contributed by atoms with Gasteiger partial charge in [0.25, 0.3) is 0 Å². The number of carbonyl (C=O) groups is 2. The topological polar surface area (TPSA) is 106 Å². The maximum Gasteiger partial charge on any atom is 0.408 e. The van der Waals surface area contributed by atoms with Crippen LogP contribution in [0.2, 0.25) is 0 Å². The molecule has 3 rings (SSSR count). The van der Waals surface area contributed by atoms with Crippen molar-refractivity contribution in [3.8, 4) is 11.5 Å². The zero-order valence-corrected chi connectivity index (χ0v) is 23.4. The molecule has 0 unspecified atom stereocenters. The number of ether oxygens (including phenoxy) is 3. The molecule has 0 heterocycles. The molecule has 3 aromatic carbocycles. The highest BCUT2D eigenvalue weighted by Gasteiger charge is 2.31. The van der Waals surface area contributed by atoms with Crippen molar-refractivity contribution in [2.75, 3.05) is 0 Å². The second-order valence-corrected chi connectivity index (χ2v) is 11.2. The largest absolute Gasteiger partial charge is 0.508 e. The van der Waals surface area contributed by atoms with Gasteiger partial charge in [-0.3, -0.25) is 0 Å². The zero-order valence-electron chi connectivity index (χ0n) is 23.4. The van der Waals surface area contributed by atoms with Crippen LogP contribution < -0.4 is 15.4 Å². The lowest BCUT2D eigenvalue weighted by atomic mass is 9.93. The molecule has 2 atom stereocenters. The smallest absolute Gasteiger partial charge is 0.408 e. The van der Waals surface area contributed by atoms with Gasteiger partial charge >= 0.3 is 12.2 Å². The number of rotatable bonds is 8. The molecule has 0 saturated heterocycles. The lowest BCUT2D eigenvalue weighted by Gasteiger charge is -2.31. The molecule has 0 aliphatic rings. The van der Waals surface area contributed by atoms with E-state index in [1.165, 1.54) is 12.1 Å². The Morgan fingerprint density at radius 3 is 1.56 bits per heavy atom. The normalized spacial score (nSPS) is 13.1. The quantitative estimate of drug-likeness (QED) is 0.293. The van der Waals surface area contributed by atoms with Crippen LogP contribution in [0.25, 0.3) is 0 Å². The van der Waals surface area contributed by atoms with Crippen LogP contribution in [0.1, 0.15) is 70.3 Å². The molecule has 2 amide bonds. The zero-order chi connectivity index (χ0) is 28.6. The van der Waals surface area contributed by atoms with Gasteiger partial charge in [-0.05, 0) is 82.5 Å². The highest BCUT2D eigenvalue weighted by Crippen LogP contribution is 2.32. The third kappa shape index (κ3) is 9.89. The van der Waals surface area contributed by atoms with Gasteiger partial charge < -0.3 is 30.0 Å². The number of phenols is 1. The number of nitrogens with one attached hydrogen (secondary N) is 2. The molecule has 8 heteroatoms. The van der Waals surface area contributed by atoms with E-state index in [-0.39, 0.29) is 5.75 Å². The first-order valence-electron chi connectivity index (χ1n) is 12.8. The molecular weight excluding hydrogens is 496 g/mol. The van der Waals surface area contributed by atoms with Crippen LogP contribution in [0.4, 0.5) is 9.59 Å². The van der Waals surface area contributed by atoms with Gasteiger partial charge in [0.2, 0.25) is 0 Å². The van der Waals surface area contributed by atoms with Crippen LogP contribution >= 0.6 is 0 Å². The fourth-order valence-corrected chi connectivity index (χ4v) is 3.78. The van der Waals surface area contributed by atoms with Crippen LogP contribution in [0.5, 0.6) is 11.5 Å². The van der Waals surface area contributed by atoms with Gasteiger partial charge in [-0.2, -0.15) is 0 Å². The molecule has 208 valence electrons. The van der Waals surface area contributed by atoms with Crippen molar-refractivity contribution in [1.82, 2.24) is 10.6 Å². The average molecular weight is 535 g/mol. The summed E-state index contributed by atoms with van der Waals surface area (Å²) in [6.07, 6.45) is -1.30. The predicted molar refractivity (Wildman–Crippen MR) is 150 cm³/mol. The molecule has 0 aliphatic heterocycles. The molecule has 3 aromatic rings. The highest BCUT2D eigenvalue weighted by atomic mass is 16.6. The molecular formula is C31H38N2O6. The van der Waals surface area contributed by atoms with E-state index in [9.17, 15) is 14.7 Å². The molecule has 0 radical (unpaired) electrons. The van der Waals surface area contributed by atoms with Gasteiger partial charge in [0, 0.05) is 0 Å². The van der Waals surface area contributed by atoms with E-state index in [2.05, 4.69) is 10.6 Å². The molecule has 0 saturated carbocycles. The third-order valence-electron chi connectivity index (χ3n) is 5.42. The maximum atomic E-state index is 12.9. The van der Waals surface area contributed by atoms with E-state index >= 15 is 0 Å². The minimum absolute atomic E-state index is 0.0753. The van der Waals surface area contributed by atoms with E-state index in [0.29, 0.717) is 23.5 Å². The van der Waals surface area contributed by atoms with Crippen LogP contribution in [0, 0.1) is 0 Å². The van der Waals surface area contributed by atoms with E-state index < -0.39 is 35.5 Å². The van der Waals surface area contributed by atoms with E-state index in [0.717, 1.165) is 5.56 Å². The summed E-state index contributed by atoms with van der Waals surface area (Å²) in [7, 11) is 0. The monoisotopic (exact) mass is 534 g/mol. The first kappa shape index (κ1) is 29.4. The first-order valence-corrected chi connectivity index (χ1v) is 12.8. The van der Waals surface area contributed by atoms with E-state index in [4.69, 9.17) is 14.2 Å². The van der Waals surface area contributed by atoms with Crippen molar-refractivity contribution >= 4 is 12.2 Å². The van der Waals surface area contributed by atoms with Crippen LogP contribution in [-0.2, 0) is 16.1 Å². The summed E-state index contributed by atoms with van der Waals surface area (Å²) in [5, 5.41) is 15.7. The minimum atomic E-state index is -0.760. The SMILES string of the molecule is CC(C)(C)OC(=O)N[C@H](c1ccc(O)cc1)[C@H](NC(=O)OC(C)(C)C)c1ccc(OCc2ccccc2)cc1. The van der Waals surface area contributed by atoms with Gasteiger partial charge in [0.15, 0.2) is 0 Å². The fraction of sp³-hybridized carbons (Fsp3) is 0.355. The van der Waals surface area contributed by atoms with Gasteiger partial charge in [-0.25, -0.2) is 9.59 Å². The number of amides is 2.